The molecule has 12 aromatic rings. The van der Waals surface area contributed by atoms with Crippen LogP contribution in [0, 0.1) is 0 Å². The van der Waals surface area contributed by atoms with E-state index >= 15 is 0 Å². The maximum atomic E-state index is 6.55. The molecule has 242 valence electrons. The lowest BCUT2D eigenvalue weighted by Crippen LogP contribution is -1.95. The first-order valence-corrected chi connectivity index (χ1v) is 17.7. The van der Waals surface area contributed by atoms with Crippen molar-refractivity contribution in [3.8, 4) is 22.5 Å². The summed E-state index contributed by atoms with van der Waals surface area (Å²) in [6.45, 7) is 0. The van der Waals surface area contributed by atoms with Crippen molar-refractivity contribution >= 4 is 87.5 Å². The summed E-state index contributed by atoms with van der Waals surface area (Å²) in [4.78, 5) is 0. The maximum Gasteiger partial charge on any atom is 0.160 e. The van der Waals surface area contributed by atoms with E-state index < -0.39 is 0 Å². The van der Waals surface area contributed by atoms with Crippen molar-refractivity contribution in [2.24, 2.45) is 0 Å². The van der Waals surface area contributed by atoms with Crippen LogP contribution in [0.25, 0.3) is 110 Å². The summed E-state index contributed by atoms with van der Waals surface area (Å²) in [6, 6.07) is 60.5. The van der Waals surface area contributed by atoms with Gasteiger partial charge in [-0.15, -0.1) is 0 Å². The van der Waals surface area contributed by atoms with Crippen LogP contribution in [0.5, 0.6) is 0 Å². The fourth-order valence-electron chi connectivity index (χ4n) is 8.62. The Labute approximate surface area is 296 Å². The van der Waals surface area contributed by atoms with Gasteiger partial charge in [0, 0.05) is 49.1 Å². The molecule has 0 spiro atoms. The first-order valence-electron chi connectivity index (χ1n) is 17.7. The van der Waals surface area contributed by atoms with Crippen molar-refractivity contribution in [3.63, 3.8) is 0 Å². The highest BCUT2D eigenvalue weighted by molar-refractivity contribution is 6.24. The van der Waals surface area contributed by atoms with Crippen LogP contribution >= 0.6 is 0 Å². The highest BCUT2D eigenvalue weighted by Crippen LogP contribution is 2.42. The predicted octanol–water partition coefficient (Wildman–Crippen LogP) is 13.3. The van der Waals surface area contributed by atoms with Gasteiger partial charge in [0.05, 0.1) is 27.5 Å². The summed E-state index contributed by atoms with van der Waals surface area (Å²) in [6.07, 6.45) is 0. The minimum Gasteiger partial charge on any atom is -0.455 e. The van der Waals surface area contributed by atoms with Gasteiger partial charge in [0.25, 0.3) is 0 Å². The van der Waals surface area contributed by atoms with Gasteiger partial charge in [-0.2, -0.15) is 0 Å². The molecule has 4 nitrogen and oxygen atoms in total. The van der Waals surface area contributed by atoms with E-state index in [1.807, 2.05) is 18.2 Å². The third kappa shape index (κ3) is 3.70. The Morgan fingerprint density at radius 1 is 0.308 bits per heavy atom. The van der Waals surface area contributed by atoms with E-state index in [1.54, 1.807) is 0 Å². The largest absolute Gasteiger partial charge is 0.455 e. The van der Waals surface area contributed by atoms with Crippen LogP contribution in [-0.2, 0) is 0 Å². The van der Waals surface area contributed by atoms with Crippen LogP contribution in [0.1, 0.15) is 0 Å². The number of para-hydroxylation sites is 4. The fraction of sp³-hybridized carbons (Fsp3) is 0. The van der Waals surface area contributed by atoms with Crippen LogP contribution in [0.15, 0.2) is 179 Å². The highest BCUT2D eigenvalue weighted by Gasteiger charge is 2.20. The molecule has 4 heterocycles. The molecule has 0 aliphatic rings. The standard InChI is InChI=1S/C48H28N2O2/c1-5-13-40-33(9-1)36-25-26-38-35-11-4-8-16-44(35)52-48(38)46(36)50(40)32-23-19-30(20-24-32)29-17-21-31(22-18-29)49-41-14-6-2-12-39(41)45-42(49)28-27-37-34-10-3-7-15-43(34)51-47(37)45/h1-28H. The Morgan fingerprint density at radius 3 is 1.46 bits per heavy atom. The number of benzene rings is 8. The molecule has 0 radical (unpaired) electrons. The third-order valence-corrected chi connectivity index (χ3v) is 10.9. The first-order chi connectivity index (χ1) is 25.8. The van der Waals surface area contributed by atoms with Crippen LogP contribution in [0.2, 0.25) is 0 Å². The van der Waals surface area contributed by atoms with E-state index in [4.69, 9.17) is 8.83 Å². The van der Waals surface area contributed by atoms with E-state index in [-0.39, 0.29) is 0 Å². The maximum absolute atomic E-state index is 6.55. The minimum absolute atomic E-state index is 0.907. The van der Waals surface area contributed by atoms with Crippen molar-refractivity contribution in [1.82, 2.24) is 9.13 Å². The molecular weight excluding hydrogens is 637 g/mol. The molecule has 0 atom stereocenters. The van der Waals surface area contributed by atoms with Crippen LogP contribution in [-0.4, -0.2) is 9.13 Å². The van der Waals surface area contributed by atoms with Gasteiger partial charge in [0.1, 0.15) is 16.7 Å². The molecule has 4 aromatic heterocycles. The summed E-state index contributed by atoms with van der Waals surface area (Å²) < 4.78 is 17.8. The molecular formula is C48H28N2O2. The Balaban J connectivity index is 0.978. The normalized spacial score (nSPS) is 12.2. The Morgan fingerprint density at radius 2 is 0.788 bits per heavy atom. The quantitative estimate of drug-likeness (QED) is 0.188. The highest BCUT2D eigenvalue weighted by atomic mass is 16.3. The number of hydrogen-bond donors (Lipinski definition) is 0. The topological polar surface area (TPSA) is 36.1 Å². The van der Waals surface area contributed by atoms with Gasteiger partial charge in [-0.1, -0.05) is 103 Å². The third-order valence-electron chi connectivity index (χ3n) is 10.9. The number of furan rings is 2. The average molecular weight is 665 g/mol. The number of rotatable bonds is 3. The van der Waals surface area contributed by atoms with Crippen molar-refractivity contribution < 1.29 is 8.83 Å². The lowest BCUT2D eigenvalue weighted by Gasteiger charge is -2.11. The zero-order valence-corrected chi connectivity index (χ0v) is 27.9. The van der Waals surface area contributed by atoms with E-state index in [9.17, 15) is 0 Å². The minimum atomic E-state index is 0.907. The fourth-order valence-corrected chi connectivity index (χ4v) is 8.62. The van der Waals surface area contributed by atoms with Crippen molar-refractivity contribution in [2.75, 3.05) is 0 Å². The molecule has 0 amide bonds. The second-order valence-electron chi connectivity index (χ2n) is 13.7. The molecule has 4 heteroatoms. The molecule has 0 bridgehead atoms. The first kappa shape index (κ1) is 27.7. The summed E-state index contributed by atoms with van der Waals surface area (Å²) in [5, 5.41) is 9.30. The molecule has 0 N–H and O–H groups in total. The molecule has 0 unspecified atom stereocenters. The SMILES string of the molecule is c1ccc2c(c1)oc1c2ccc2c1c1ccccc1n2-c1ccc(-c2ccc(-n3c4ccccc4c4ccc5c6ccccc6oc5c43)cc2)cc1. The summed E-state index contributed by atoms with van der Waals surface area (Å²) in [7, 11) is 0. The number of hydrogen-bond acceptors (Lipinski definition) is 2. The molecule has 0 saturated heterocycles. The zero-order chi connectivity index (χ0) is 33.9. The molecule has 0 aliphatic carbocycles. The number of nitrogens with zero attached hydrogens (tertiary/aromatic N) is 2. The van der Waals surface area contributed by atoms with Crippen molar-refractivity contribution in [3.05, 3.63) is 170 Å². The van der Waals surface area contributed by atoms with E-state index in [2.05, 4.69) is 161 Å². The second kappa shape index (κ2) is 10.3. The summed E-state index contributed by atoms with van der Waals surface area (Å²) >= 11 is 0. The van der Waals surface area contributed by atoms with Crippen LogP contribution in [0.4, 0.5) is 0 Å². The van der Waals surface area contributed by atoms with E-state index in [0.29, 0.717) is 0 Å². The zero-order valence-electron chi connectivity index (χ0n) is 27.9. The van der Waals surface area contributed by atoms with Gasteiger partial charge in [-0.25, -0.2) is 0 Å². The van der Waals surface area contributed by atoms with Gasteiger partial charge >= 0.3 is 0 Å². The van der Waals surface area contributed by atoms with Crippen molar-refractivity contribution in [2.45, 2.75) is 0 Å². The molecule has 8 aromatic carbocycles. The summed E-state index contributed by atoms with van der Waals surface area (Å²) in [5.74, 6) is 0. The van der Waals surface area contributed by atoms with Gasteiger partial charge in [-0.3, -0.25) is 0 Å². The monoisotopic (exact) mass is 664 g/mol. The Bertz CT molecular complexity index is 3390. The molecule has 0 saturated carbocycles. The van der Waals surface area contributed by atoms with E-state index in [1.165, 1.54) is 16.2 Å². The molecule has 0 fully saturated rings. The van der Waals surface area contributed by atoms with Crippen LogP contribution < -0.4 is 0 Å². The molecule has 12 rings (SSSR count). The van der Waals surface area contributed by atoms with Crippen molar-refractivity contribution in [1.29, 1.82) is 0 Å². The van der Waals surface area contributed by atoms with Crippen LogP contribution in [0.3, 0.4) is 0 Å². The lowest BCUT2D eigenvalue weighted by molar-refractivity contribution is 0.671. The van der Waals surface area contributed by atoms with Gasteiger partial charge in [-0.05, 0) is 77.9 Å². The predicted molar refractivity (Wildman–Crippen MR) is 215 cm³/mol. The smallest absolute Gasteiger partial charge is 0.160 e. The van der Waals surface area contributed by atoms with E-state index in [0.717, 1.165) is 93.8 Å². The second-order valence-corrected chi connectivity index (χ2v) is 13.7. The van der Waals surface area contributed by atoms with Gasteiger partial charge in [0.2, 0.25) is 0 Å². The molecule has 0 aliphatic heterocycles. The average Bonchev–Trinajstić information content (AvgIpc) is 3.95. The van der Waals surface area contributed by atoms with Gasteiger partial charge < -0.3 is 18.0 Å². The van der Waals surface area contributed by atoms with Gasteiger partial charge in [0.15, 0.2) is 5.58 Å². The number of fused-ring (bicyclic) bond motifs is 14. The summed E-state index contributed by atoms with van der Waals surface area (Å²) in [5.41, 5.74) is 12.8. The Kier molecular flexibility index (Phi) is 5.47. The number of aromatic nitrogens is 2. The molecule has 52 heavy (non-hydrogen) atoms. The Hall–Kier alpha value is -7.04. The lowest BCUT2D eigenvalue weighted by atomic mass is 10.0.